The minimum absolute atomic E-state index is 0.104. The standard InChI is InChI=1S/C14H17BrN4S/c1-9(18-12-7-5-4-6-11(12)15)10-8-17-14(20-3)19-13(10)16-2/h4-9,18H,1-3H3,(H,16,17,19). The molecule has 1 aromatic carbocycles. The first-order chi connectivity index (χ1) is 9.65. The summed E-state index contributed by atoms with van der Waals surface area (Å²) < 4.78 is 1.04. The third kappa shape index (κ3) is 3.43. The summed E-state index contributed by atoms with van der Waals surface area (Å²) in [6, 6.07) is 8.16. The van der Waals surface area contributed by atoms with Crippen molar-refractivity contribution in [2.75, 3.05) is 23.9 Å². The molecule has 1 atom stereocenters. The lowest BCUT2D eigenvalue weighted by Crippen LogP contribution is -2.11. The van der Waals surface area contributed by atoms with Gasteiger partial charge in [0.15, 0.2) is 5.16 Å². The summed E-state index contributed by atoms with van der Waals surface area (Å²) in [4.78, 5) is 8.83. The summed E-state index contributed by atoms with van der Waals surface area (Å²) >= 11 is 5.08. The van der Waals surface area contributed by atoms with E-state index in [4.69, 9.17) is 0 Å². The second kappa shape index (κ2) is 6.95. The number of hydrogen-bond acceptors (Lipinski definition) is 5. The van der Waals surface area contributed by atoms with Crippen molar-refractivity contribution in [3.05, 3.63) is 40.5 Å². The van der Waals surface area contributed by atoms with Gasteiger partial charge in [-0.1, -0.05) is 23.9 Å². The van der Waals surface area contributed by atoms with Crippen LogP contribution >= 0.6 is 27.7 Å². The first-order valence-electron chi connectivity index (χ1n) is 6.25. The first-order valence-corrected chi connectivity index (χ1v) is 8.27. The Morgan fingerprint density at radius 3 is 2.70 bits per heavy atom. The maximum atomic E-state index is 4.48. The van der Waals surface area contributed by atoms with Crippen LogP contribution in [0.25, 0.3) is 0 Å². The average Bonchev–Trinajstić information content (AvgIpc) is 2.48. The lowest BCUT2D eigenvalue weighted by Gasteiger charge is -2.19. The minimum atomic E-state index is 0.104. The van der Waals surface area contributed by atoms with Crippen molar-refractivity contribution in [3.63, 3.8) is 0 Å². The van der Waals surface area contributed by atoms with Crippen molar-refractivity contribution < 1.29 is 0 Å². The topological polar surface area (TPSA) is 49.8 Å². The molecule has 6 heteroatoms. The van der Waals surface area contributed by atoms with Crippen LogP contribution in [0.3, 0.4) is 0 Å². The van der Waals surface area contributed by atoms with Gasteiger partial charge in [-0.25, -0.2) is 9.97 Å². The van der Waals surface area contributed by atoms with Crippen molar-refractivity contribution in [3.8, 4) is 0 Å². The summed E-state index contributed by atoms with van der Waals surface area (Å²) in [7, 11) is 1.88. The number of aromatic nitrogens is 2. The van der Waals surface area contributed by atoms with E-state index >= 15 is 0 Å². The number of thioether (sulfide) groups is 1. The predicted molar refractivity (Wildman–Crippen MR) is 89.5 cm³/mol. The van der Waals surface area contributed by atoms with Gasteiger partial charge in [0.1, 0.15) is 5.82 Å². The lowest BCUT2D eigenvalue weighted by molar-refractivity contribution is 0.838. The molecule has 1 heterocycles. The van der Waals surface area contributed by atoms with Crippen LogP contribution < -0.4 is 10.6 Å². The van der Waals surface area contributed by atoms with Crippen LogP contribution in [-0.2, 0) is 0 Å². The molecule has 0 amide bonds. The zero-order valence-electron chi connectivity index (χ0n) is 11.6. The molecule has 4 nitrogen and oxygen atoms in total. The molecular weight excluding hydrogens is 336 g/mol. The summed E-state index contributed by atoms with van der Waals surface area (Å²) in [6.07, 6.45) is 3.84. The van der Waals surface area contributed by atoms with Crippen molar-refractivity contribution in [2.45, 2.75) is 18.1 Å². The number of anilines is 2. The van der Waals surface area contributed by atoms with E-state index in [-0.39, 0.29) is 6.04 Å². The molecule has 2 aromatic rings. The molecule has 0 spiro atoms. The van der Waals surface area contributed by atoms with Crippen molar-refractivity contribution >= 4 is 39.2 Å². The van der Waals surface area contributed by atoms with Crippen LogP contribution in [0.4, 0.5) is 11.5 Å². The van der Waals surface area contributed by atoms with Gasteiger partial charge < -0.3 is 10.6 Å². The molecule has 0 saturated heterocycles. The molecule has 0 saturated carbocycles. The average molecular weight is 353 g/mol. The van der Waals surface area contributed by atoms with Gasteiger partial charge in [0.25, 0.3) is 0 Å². The number of rotatable bonds is 5. The second-order valence-electron chi connectivity index (χ2n) is 4.26. The molecule has 0 fully saturated rings. The normalized spacial score (nSPS) is 12.0. The molecule has 1 aromatic heterocycles. The summed E-state index contributed by atoms with van der Waals surface area (Å²) in [6.45, 7) is 2.09. The number of halogens is 1. The molecule has 2 rings (SSSR count). The van der Waals surface area contributed by atoms with Crippen molar-refractivity contribution in [1.82, 2.24) is 9.97 Å². The monoisotopic (exact) mass is 352 g/mol. The Morgan fingerprint density at radius 2 is 2.05 bits per heavy atom. The Bertz CT molecular complexity index is 591. The van der Waals surface area contributed by atoms with Gasteiger partial charge in [0.05, 0.1) is 6.04 Å². The molecule has 20 heavy (non-hydrogen) atoms. The molecule has 0 radical (unpaired) electrons. The number of para-hydroxylation sites is 1. The van der Waals surface area contributed by atoms with Crippen molar-refractivity contribution in [1.29, 1.82) is 0 Å². The van der Waals surface area contributed by atoms with E-state index < -0.39 is 0 Å². The molecule has 1 unspecified atom stereocenters. The largest absolute Gasteiger partial charge is 0.377 e. The number of nitrogens with zero attached hydrogens (tertiary/aromatic N) is 2. The molecule has 0 aliphatic carbocycles. The van der Waals surface area contributed by atoms with Crippen LogP contribution in [0.5, 0.6) is 0 Å². The third-order valence-corrected chi connectivity index (χ3v) is 4.18. The minimum Gasteiger partial charge on any atom is -0.377 e. The van der Waals surface area contributed by atoms with E-state index in [9.17, 15) is 0 Å². The second-order valence-corrected chi connectivity index (χ2v) is 5.88. The highest BCUT2D eigenvalue weighted by Gasteiger charge is 2.13. The zero-order chi connectivity index (χ0) is 14.5. The van der Waals surface area contributed by atoms with Crippen LogP contribution in [0.1, 0.15) is 18.5 Å². The Balaban J connectivity index is 2.25. The number of benzene rings is 1. The Hall–Kier alpha value is -1.27. The van der Waals surface area contributed by atoms with Gasteiger partial charge in [-0.3, -0.25) is 0 Å². The maximum absolute atomic E-state index is 4.48. The number of hydrogen-bond donors (Lipinski definition) is 2. The third-order valence-electron chi connectivity index (χ3n) is 2.93. The SMILES string of the molecule is CNc1nc(SC)ncc1C(C)Nc1ccccc1Br. The quantitative estimate of drug-likeness (QED) is 0.624. The Labute approximate surface area is 131 Å². The van der Waals surface area contributed by atoms with Gasteiger partial charge >= 0.3 is 0 Å². The predicted octanol–water partition coefficient (Wildman–Crippen LogP) is 4.18. The Kier molecular flexibility index (Phi) is 5.25. The smallest absolute Gasteiger partial charge is 0.189 e. The van der Waals surface area contributed by atoms with E-state index in [0.29, 0.717) is 0 Å². The van der Waals surface area contributed by atoms with Gasteiger partial charge in [0, 0.05) is 29.0 Å². The van der Waals surface area contributed by atoms with E-state index in [2.05, 4.69) is 43.5 Å². The zero-order valence-corrected chi connectivity index (χ0v) is 14.0. The van der Waals surface area contributed by atoms with Gasteiger partial charge in [0.2, 0.25) is 0 Å². The molecule has 106 valence electrons. The van der Waals surface area contributed by atoms with Gasteiger partial charge in [-0.15, -0.1) is 0 Å². The van der Waals surface area contributed by atoms with Crippen molar-refractivity contribution in [2.24, 2.45) is 0 Å². The fourth-order valence-corrected chi connectivity index (χ4v) is 2.62. The summed E-state index contributed by atoms with van der Waals surface area (Å²) in [5.41, 5.74) is 2.09. The van der Waals surface area contributed by atoms with Crippen LogP contribution in [-0.4, -0.2) is 23.3 Å². The molecule has 0 aliphatic heterocycles. The fraction of sp³-hybridized carbons (Fsp3) is 0.286. The van der Waals surface area contributed by atoms with Gasteiger partial charge in [-0.2, -0.15) is 0 Å². The van der Waals surface area contributed by atoms with E-state index in [1.807, 2.05) is 43.8 Å². The van der Waals surface area contributed by atoms with Crippen LogP contribution in [0, 0.1) is 0 Å². The maximum Gasteiger partial charge on any atom is 0.189 e. The van der Waals surface area contributed by atoms with Crippen LogP contribution in [0.2, 0.25) is 0 Å². The molecular formula is C14H17BrN4S. The highest BCUT2D eigenvalue weighted by atomic mass is 79.9. The fourth-order valence-electron chi connectivity index (χ4n) is 1.88. The first kappa shape index (κ1) is 15.1. The number of nitrogens with one attached hydrogen (secondary N) is 2. The van der Waals surface area contributed by atoms with E-state index in [1.165, 1.54) is 11.8 Å². The highest BCUT2D eigenvalue weighted by Crippen LogP contribution is 2.29. The highest BCUT2D eigenvalue weighted by molar-refractivity contribution is 9.10. The van der Waals surface area contributed by atoms with E-state index in [1.54, 1.807) is 0 Å². The van der Waals surface area contributed by atoms with E-state index in [0.717, 1.165) is 26.7 Å². The lowest BCUT2D eigenvalue weighted by atomic mass is 10.1. The van der Waals surface area contributed by atoms with Gasteiger partial charge in [-0.05, 0) is 41.2 Å². The Morgan fingerprint density at radius 1 is 1.30 bits per heavy atom. The van der Waals surface area contributed by atoms with Crippen LogP contribution in [0.15, 0.2) is 40.1 Å². The summed E-state index contributed by atoms with van der Waals surface area (Å²) in [5.74, 6) is 0.858. The molecule has 0 bridgehead atoms. The molecule has 2 N–H and O–H groups in total. The molecule has 0 aliphatic rings. The summed E-state index contributed by atoms with van der Waals surface area (Å²) in [5, 5.41) is 7.37.